The number of carbonyl (C=O) groups excluding carboxylic acids is 1. The van der Waals surface area contributed by atoms with Crippen molar-refractivity contribution in [3.63, 3.8) is 0 Å². The van der Waals surface area contributed by atoms with Crippen LogP contribution in [0.15, 0.2) is 12.1 Å². The zero-order chi connectivity index (χ0) is 11.9. The summed E-state index contributed by atoms with van der Waals surface area (Å²) in [7, 11) is 0. The van der Waals surface area contributed by atoms with E-state index in [0.29, 0.717) is 11.6 Å². The zero-order valence-corrected chi connectivity index (χ0v) is 10.0. The van der Waals surface area contributed by atoms with Crippen LogP contribution in [0.1, 0.15) is 24.5 Å². The third-order valence-electron chi connectivity index (χ3n) is 3.37. The number of nitrogen functional groups attached to an aromatic ring is 1. The summed E-state index contributed by atoms with van der Waals surface area (Å²) in [5.74, 6) is 0.802. The minimum Gasteiger partial charge on any atom is -0.397 e. The van der Waals surface area contributed by atoms with Gasteiger partial charge in [0.15, 0.2) is 0 Å². The van der Waals surface area contributed by atoms with Gasteiger partial charge in [0, 0.05) is 5.92 Å². The summed E-state index contributed by atoms with van der Waals surface area (Å²) in [5.41, 5.74) is 9.56. The third-order valence-corrected chi connectivity index (χ3v) is 3.37. The largest absolute Gasteiger partial charge is 0.397 e. The molecule has 3 heteroatoms. The lowest BCUT2D eigenvalue weighted by molar-refractivity contribution is -0.117. The molecule has 0 aromatic heterocycles. The van der Waals surface area contributed by atoms with Crippen LogP contribution in [0.2, 0.25) is 0 Å². The lowest BCUT2D eigenvalue weighted by Crippen LogP contribution is -2.15. The fourth-order valence-corrected chi connectivity index (χ4v) is 1.86. The van der Waals surface area contributed by atoms with Crippen molar-refractivity contribution >= 4 is 17.3 Å². The number of nitrogens with two attached hydrogens (primary N) is 1. The van der Waals surface area contributed by atoms with Crippen molar-refractivity contribution in [1.82, 2.24) is 0 Å². The molecule has 0 saturated heterocycles. The van der Waals surface area contributed by atoms with E-state index in [1.54, 1.807) is 0 Å². The topological polar surface area (TPSA) is 55.1 Å². The van der Waals surface area contributed by atoms with Crippen molar-refractivity contribution in [2.45, 2.75) is 27.2 Å². The summed E-state index contributed by atoms with van der Waals surface area (Å²) < 4.78 is 0. The van der Waals surface area contributed by atoms with Crippen molar-refractivity contribution in [3.05, 3.63) is 23.3 Å². The Morgan fingerprint density at radius 1 is 1.38 bits per heavy atom. The molecule has 1 aliphatic rings. The van der Waals surface area contributed by atoms with Crippen molar-refractivity contribution in [3.8, 4) is 0 Å². The van der Waals surface area contributed by atoms with Gasteiger partial charge in [-0.1, -0.05) is 6.92 Å². The standard InChI is InChI=1S/C13H18N2O/c1-7-5-11(14)12(6-8(7)2)15-13(16)10-4-9(10)3/h5-6,9-10H,4,14H2,1-3H3,(H,15,16). The smallest absolute Gasteiger partial charge is 0.227 e. The number of amides is 1. The number of carbonyl (C=O) groups is 1. The van der Waals surface area contributed by atoms with Crippen LogP contribution < -0.4 is 11.1 Å². The number of nitrogens with one attached hydrogen (secondary N) is 1. The molecule has 3 nitrogen and oxygen atoms in total. The first-order valence-corrected chi connectivity index (χ1v) is 5.66. The van der Waals surface area contributed by atoms with Gasteiger partial charge >= 0.3 is 0 Å². The molecular formula is C13H18N2O. The van der Waals surface area contributed by atoms with Crippen molar-refractivity contribution in [1.29, 1.82) is 0 Å². The van der Waals surface area contributed by atoms with E-state index in [1.165, 1.54) is 0 Å². The monoisotopic (exact) mass is 218 g/mol. The van der Waals surface area contributed by atoms with E-state index in [2.05, 4.69) is 12.2 Å². The first-order chi connectivity index (χ1) is 7.49. The Bertz CT molecular complexity index is 440. The zero-order valence-electron chi connectivity index (χ0n) is 10.0. The van der Waals surface area contributed by atoms with E-state index < -0.39 is 0 Å². The summed E-state index contributed by atoms with van der Waals surface area (Å²) in [6.07, 6.45) is 0.997. The SMILES string of the molecule is Cc1cc(N)c(NC(=O)C2CC2C)cc1C. The number of benzene rings is 1. The number of hydrogen-bond acceptors (Lipinski definition) is 2. The maximum atomic E-state index is 11.8. The molecule has 1 saturated carbocycles. The van der Waals surface area contributed by atoms with Crippen LogP contribution in [0.25, 0.3) is 0 Å². The molecule has 0 heterocycles. The minimum absolute atomic E-state index is 0.0995. The lowest BCUT2D eigenvalue weighted by atomic mass is 10.1. The Morgan fingerprint density at radius 2 is 1.94 bits per heavy atom. The number of aryl methyl sites for hydroxylation is 2. The van der Waals surface area contributed by atoms with E-state index >= 15 is 0 Å². The van der Waals surface area contributed by atoms with Crippen molar-refractivity contribution in [2.24, 2.45) is 11.8 Å². The maximum absolute atomic E-state index is 11.8. The molecule has 1 amide bonds. The molecule has 16 heavy (non-hydrogen) atoms. The van der Waals surface area contributed by atoms with Gasteiger partial charge in [-0.2, -0.15) is 0 Å². The Balaban J connectivity index is 2.15. The van der Waals surface area contributed by atoms with Crippen LogP contribution in [0, 0.1) is 25.7 Å². The molecular weight excluding hydrogens is 200 g/mol. The van der Waals surface area contributed by atoms with E-state index in [4.69, 9.17) is 5.73 Å². The van der Waals surface area contributed by atoms with Gasteiger partial charge in [-0.3, -0.25) is 4.79 Å². The first-order valence-electron chi connectivity index (χ1n) is 5.66. The van der Waals surface area contributed by atoms with Gasteiger partial charge in [0.1, 0.15) is 0 Å². The normalized spacial score (nSPS) is 22.9. The molecule has 0 bridgehead atoms. The molecule has 1 aromatic rings. The van der Waals surface area contributed by atoms with Gasteiger partial charge < -0.3 is 11.1 Å². The van der Waals surface area contributed by atoms with Crippen LogP contribution in [-0.4, -0.2) is 5.91 Å². The van der Waals surface area contributed by atoms with E-state index in [0.717, 1.165) is 23.2 Å². The second-order valence-corrected chi connectivity index (χ2v) is 4.83. The second kappa shape index (κ2) is 3.81. The van der Waals surface area contributed by atoms with Crippen LogP contribution in [0.4, 0.5) is 11.4 Å². The number of rotatable bonds is 2. The molecule has 2 unspecified atom stereocenters. The van der Waals surface area contributed by atoms with Crippen LogP contribution in [0.3, 0.4) is 0 Å². The average molecular weight is 218 g/mol. The van der Waals surface area contributed by atoms with Crippen LogP contribution >= 0.6 is 0 Å². The summed E-state index contributed by atoms with van der Waals surface area (Å²) in [6, 6.07) is 3.84. The summed E-state index contributed by atoms with van der Waals surface area (Å²) in [6.45, 7) is 6.12. The van der Waals surface area contributed by atoms with Gasteiger partial charge in [0.2, 0.25) is 5.91 Å². The molecule has 2 atom stereocenters. The van der Waals surface area contributed by atoms with E-state index in [1.807, 2.05) is 26.0 Å². The number of anilines is 2. The highest BCUT2D eigenvalue weighted by Gasteiger charge is 2.39. The highest BCUT2D eigenvalue weighted by Crippen LogP contribution is 2.39. The van der Waals surface area contributed by atoms with Crippen LogP contribution in [0.5, 0.6) is 0 Å². The van der Waals surface area contributed by atoms with Gasteiger partial charge in [0.25, 0.3) is 0 Å². The summed E-state index contributed by atoms with van der Waals surface area (Å²) in [5, 5.41) is 2.91. The molecule has 86 valence electrons. The molecule has 0 radical (unpaired) electrons. The van der Waals surface area contributed by atoms with E-state index in [-0.39, 0.29) is 11.8 Å². The minimum atomic E-state index is 0.0995. The average Bonchev–Trinajstić information content (AvgIpc) is 2.92. The molecule has 2 rings (SSSR count). The van der Waals surface area contributed by atoms with Crippen LogP contribution in [-0.2, 0) is 4.79 Å². The van der Waals surface area contributed by atoms with E-state index in [9.17, 15) is 4.79 Å². The maximum Gasteiger partial charge on any atom is 0.227 e. The Labute approximate surface area is 96.0 Å². The highest BCUT2D eigenvalue weighted by molar-refractivity contribution is 5.97. The summed E-state index contributed by atoms with van der Waals surface area (Å²) in [4.78, 5) is 11.8. The predicted molar refractivity (Wildman–Crippen MR) is 66.2 cm³/mol. The lowest BCUT2D eigenvalue weighted by Gasteiger charge is -2.10. The Hall–Kier alpha value is -1.51. The van der Waals surface area contributed by atoms with Gasteiger partial charge in [-0.15, -0.1) is 0 Å². The highest BCUT2D eigenvalue weighted by atomic mass is 16.2. The van der Waals surface area contributed by atoms with Gasteiger partial charge in [0.05, 0.1) is 11.4 Å². The molecule has 3 N–H and O–H groups in total. The van der Waals surface area contributed by atoms with Crippen molar-refractivity contribution < 1.29 is 4.79 Å². The second-order valence-electron chi connectivity index (χ2n) is 4.83. The number of hydrogen-bond donors (Lipinski definition) is 2. The third kappa shape index (κ3) is 2.03. The molecule has 0 aliphatic heterocycles. The molecule has 1 aliphatic carbocycles. The molecule has 1 fully saturated rings. The predicted octanol–water partition coefficient (Wildman–Crippen LogP) is 2.48. The Kier molecular flexibility index (Phi) is 2.62. The molecule has 1 aromatic carbocycles. The molecule has 0 spiro atoms. The first kappa shape index (κ1) is 11.0. The fraction of sp³-hybridized carbons (Fsp3) is 0.462. The van der Waals surface area contributed by atoms with Crippen molar-refractivity contribution in [2.75, 3.05) is 11.1 Å². The fourth-order valence-electron chi connectivity index (χ4n) is 1.86. The van der Waals surface area contributed by atoms with Gasteiger partial charge in [-0.05, 0) is 49.4 Å². The Morgan fingerprint density at radius 3 is 2.50 bits per heavy atom. The summed E-state index contributed by atoms with van der Waals surface area (Å²) >= 11 is 0. The van der Waals surface area contributed by atoms with Gasteiger partial charge in [-0.25, -0.2) is 0 Å². The quantitative estimate of drug-likeness (QED) is 0.749.